The fourth-order valence-electron chi connectivity index (χ4n) is 2.86. The van der Waals surface area contributed by atoms with Crippen molar-refractivity contribution in [3.63, 3.8) is 0 Å². The summed E-state index contributed by atoms with van der Waals surface area (Å²) in [5.41, 5.74) is 7.54. The summed E-state index contributed by atoms with van der Waals surface area (Å²) in [4.78, 5) is 0. The average Bonchev–Trinajstić information content (AvgIpc) is 2.90. The van der Waals surface area contributed by atoms with E-state index in [1.807, 2.05) is 23.9 Å². The van der Waals surface area contributed by atoms with E-state index >= 15 is 0 Å². The molecule has 0 radical (unpaired) electrons. The summed E-state index contributed by atoms with van der Waals surface area (Å²) in [6, 6.07) is 8.24. The van der Waals surface area contributed by atoms with Crippen LogP contribution in [0.4, 0.5) is 0 Å². The molecule has 2 unspecified atom stereocenters. The summed E-state index contributed by atoms with van der Waals surface area (Å²) in [5, 5.41) is 1.16. The van der Waals surface area contributed by atoms with Crippen LogP contribution in [-0.2, 0) is 15.2 Å². The topological polar surface area (TPSA) is 44.5 Å². The van der Waals surface area contributed by atoms with Crippen LogP contribution in [-0.4, -0.2) is 30.3 Å². The highest BCUT2D eigenvalue weighted by molar-refractivity contribution is 7.99. The van der Waals surface area contributed by atoms with Crippen molar-refractivity contribution in [2.75, 3.05) is 13.2 Å². The number of ether oxygens (including phenoxy) is 2. The monoisotopic (exact) mass is 313 g/mol. The van der Waals surface area contributed by atoms with Gasteiger partial charge in [0.15, 0.2) is 5.79 Å². The van der Waals surface area contributed by atoms with E-state index < -0.39 is 0 Å². The number of hydrogen-bond acceptors (Lipinski definition) is 4. The summed E-state index contributed by atoms with van der Waals surface area (Å²) < 4.78 is 11.6. The lowest BCUT2D eigenvalue weighted by atomic mass is 9.90. The van der Waals surface area contributed by atoms with Gasteiger partial charge in [-0.2, -0.15) is 11.8 Å². The molecule has 1 aliphatic heterocycles. The van der Waals surface area contributed by atoms with Crippen molar-refractivity contribution in [1.82, 2.24) is 0 Å². The summed E-state index contributed by atoms with van der Waals surface area (Å²) in [6.45, 7) is 1.42. The SMILES string of the molecule is NC1CCC2(CC1SCc1ccc(Cl)cc1)OCCO2. The molecule has 3 nitrogen and oxygen atoms in total. The van der Waals surface area contributed by atoms with Crippen molar-refractivity contribution in [2.45, 2.75) is 42.1 Å². The van der Waals surface area contributed by atoms with Crippen LogP contribution in [0.15, 0.2) is 24.3 Å². The molecule has 2 aliphatic rings. The normalized spacial score (nSPS) is 28.9. The number of rotatable bonds is 3. The van der Waals surface area contributed by atoms with Gasteiger partial charge in [0.25, 0.3) is 0 Å². The van der Waals surface area contributed by atoms with Crippen molar-refractivity contribution >= 4 is 23.4 Å². The molecule has 0 amide bonds. The van der Waals surface area contributed by atoms with E-state index in [0.717, 1.165) is 30.0 Å². The van der Waals surface area contributed by atoms with Crippen LogP contribution >= 0.6 is 23.4 Å². The maximum atomic E-state index is 6.27. The molecule has 5 heteroatoms. The molecule has 1 spiro atoms. The van der Waals surface area contributed by atoms with Crippen LogP contribution in [0.25, 0.3) is 0 Å². The van der Waals surface area contributed by atoms with Gasteiger partial charge in [-0.05, 0) is 24.1 Å². The highest BCUT2D eigenvalue weighted by Crippen LogP contribution is 2.40. The molecule has 110 valence electrons. The second kappa shape index (κ2) is 6.24. The van der Waals surface area contributed by atoms with E-state index in [2.05, 4.69) is 12.1 Å². The third-order valence-electron chi connectivity index (χ3n) is 4.04. The Morgan fingerprint density at radius 1 is 1.25 bits per heavy atom. The molecule has 1 aromatic rings. The number of halogens is 1. The fourth-order valence-corrected chi connectivity index (χ4v) is 4.34. The maximum absolute atomic E-state index is 6.27. The first-order valence-corrected chi connectivity index (χ1v) is 8.49. The Bertz CT molecular complexity index is 448. The van der Waals surface area contributed by atoms with Crippen LogP contribution in [0.2, 0.25) is 5.02 Å². The molecule has 1 heterocycles. The molecule has 2 N–H and O–H groups in total. The molecule has 3 rings (SSSR count). The smallest absolute Gasteiger partial charge is 0.169 e. The quantitative estimate of drug-likeness (QED) is 0.930. The standard InChI is InChI=1S/C15H20ClNO2S/c16-12-3-1-11(2-4-12)10-20-14-9-15(6-5-13(14)17)18-7-8-19-15/h1-4,13-14H,5-10,17H2. The molecular weight excluding hydrogens is 294 g/mol. The molecule has 0 bridgehead atoms. The van der Waals surface area contributed by atoms with Gasteiger partial charge < -0.3 is 15.2 Å². The number of thioether (sulfide) groups is 1. The van der Waals surface area contributed by atoms with Crippen LogP contribution in [0.3, 0.4) is 0 Å². The minimum Gasteiger partial charge on any atom is -0.347 e. The summed E-state index contributed by atoms with van der Waals surface area (Å²) in [7, 11) is 0. The number of benzene rings is 1. The van der Waals surface area contributed by atoms with E-state index in [1.165, 1.54) is 5.56 Å². The molecular formula is C15H20ClNO2S. The van der Waals surface area contributed by atoms with Gasteiger partial charge in [-0.15, -0.1) is 0 Å². The summed E-state index contributed by atoms with van der Waals surface area (Å²) >= 11 is 7.80. The first kappa shape index (κ1) is 14.7. The number of nitrogens with two attached hydrogens (primary N) is 1. The highest BCUT2D eigenvalue weighted by Gasteiger charge is 2.44. The first-order valence-electron chi connectivity index (χ1n) is 7.06. The molecule has 2 atom stereocenters. The van der Waals surface area contributed by atoms with E-state index in [4.69, 9.17) is 26.8 Å². The third-order valence-corrected chi connectivity index (χ3v) is 5.74. The zero-order chi connectivity index (χ0) is 14.0. The van der Waals surface area contributed by atoms with Crippen molar-refractivity contribution in [3.05, 3.63) is 34.9 Å². The highest BCUT2D eigenvalue weighted by atomic mass is 35.5. The largest absolute Gasteiger partial charge is 0.347 e. The van der Waals surface area contributed by atoms with Gasteiger partial charge in [0.1, 0.15) is 0 Å². The van der Waals surface area contributed by atoms with Gasteiger partial charge >= 0.3 is 0 Å². The Morgan fingerprint density at radius 3 is 2.65 bits per heavy atom. The summed E-state index contributed by atoms with van der Waals surface area (Å²) in [5.74, 6) is 0.596. The van der Waals surface area contributed by atoms with Gasteiger partial charge in [-0.3, -0.25) is 0 Å². The van der Waals surface area contributed by atoms with Crippen LogP contribution in [0, 0.1) is 0 Å². The van der Waals surface area contributed by atoms with Gasteiger partial charge in [0.2, 0.25) is 0 Å². The minimum atomic E-state index is -0.354. The van der Waals surface area contributed by atoms with E-state index in [1.54, 1.807) is 0 Å². The van der Waals surface area contributed by atoms with Gasteiger partial charge in [-0.1, -0.05) is 23.7 Å². The second-order valence-electron chi connectivity index (χ2n) is 5.49. The third kappa shape index (κ3) is 3.31. The summed E-state index contributed by atoms with van der Waals surface area (Å²) in [6.07, 6.45) is 2.79. The Hall–Kier alpha value is -0.260. The van der Waals surface area contributed by atoms with E-state index in [-0.39, 0.29) is 11.8 Å². The van der Waals surface area contributed by atoms with Crippen molar-refractivity contribution in [1.29, 1.82) is 0 Å². The maximum Gasteiger partial charge on any atom is 0.169 e. The molecule has 20 heavy (non-hydrogen) atoms. The van der Waals surface area contributed by atoms with Crippen LogP contribution < -0.4 is 5.73 Å². The Morgan fingerprint density at radius 2 is 1.95 bits per heavy atom. The van der Waals surface area contributed by atoms with Crippen molar-refractivity contribution in [2.24, 2.45) is 5.73 Å². The zero-order valence-corrected chi connectivity index (χ0v) is 13.0. The predicted octanol–water partition coefficient (Wildman–Crippen LogP) is 3.20. The lowest BCUT2D eigenvalue weighted by molar-refractivity contribution is -0.176. The average molecular weight is 314 g/mol. The Labute approximate surface area is 129 Å². The molecule has 1 aromatic carbocycles. The molecule has 1 saturated carbocycles. The van der Waals surface area contributed by atoms with Crippen molar-refractivity contribution < 1.29 is 9.47 Å². The fraction of sp³-hybridized carbons (Fsp3) is 0.600. The Balaban J connectivity index is 1.59. The molecule has 2 fully saturated rings. The molecule has 0 aromatic heterocycles. The molecule has 1 saturated heterocycles. The first-order chi connectivity index (χ1) is 9.67. The molecule has 1 aliphatic carbocycles. The van der Waals surface area contributed by atoms with E-state index in [0.29, 0.717) is 18.5 Å². The lowest BCUT2D eigenvalue weighted by Gasteiger charge is -2.39. The predicted molar refractivity (Wildman–Crippen MR) is 83.0 cm³/mol. The van der Waals surface area contributed by atoms with Gasteiger partial charge in [0.05, 0.1) is 13.2 Å². The number of hydrogen-bond donors (Lipinski definition) is 1. The second-order valence-corrected chi connectivity index (χ2v) is 7.15. The van der Waals surface area contributed by atoms with Gasteiger partial charge in [-0.25, -0.2) is 0 Å². The lowest BCUT2D eigenvalue weighted by Crippen LogP contribution is -2.47. The zero-order valence-electron chi connectivity index (χ0n) is 11.4. The van der Waals surface area contributed by atoms with Gasteiger partial charge in [0, 0.05) is 34.9 Å². The van der Waals surface area contributed by atoms with Crippen LogP contribution in [0.1, 0.15) is 24.8 Å². The Kier molecular flexibility index (Phi) is 4.58. The van der Waals surface area contributed by atoms with Crippen molar-refractivity contribution in [3.8, 4) is 0 Å². The minimum absolute atomic E-state index is 0.228. The van der Waals surface area contributed by atoms with E-state index in [9.17, 15) is 0 Å². The van der Waals surface area contributed by atoms with Crippen LogP contribution in [0.5, 0.6) is 0 Å².